The molecular formula is C13H12N3NaO5S. The number of hydrogen-bond acceptors (Lipinski definition) is 6. The number of thioether (sulfide) groups is 1. The Bertz CT molecular complexity index is 729. The van der Waals surface area contributed by atoms with Gasteiger partial charge < -0.3 is 24.7 Å². The molecule has 0 aliphatic carbocycles. The molecule has 1 aromatic rings. The molecule has 1 fully saturated rings. The zero-order valence-corrected chi connectivity index (χ0v) is 15.1. The Labute approximate surface area is 157 Å². The standard InChI is InChI=1S/C13H11N3O4S.Na.H2O/c17-11-8(12-16(11)9(6-21-12)13(18)19)3-7-4-14-10-5-20-2-1-15(7)10;;/h3-4,6,12H,1-2,5H2,(H,18,19);;1H2/q;+1;/p-1/b8-3-;;. The van der Waals surface area contributed by atoms with Gasteiger partial charge in [-0.3, -0.25) is 9.69 Å². The van der Waals surface area contributed by atoms with Crippen LogP contribution in [0.15, 0.2) is 22.9 Å². The zero-order chi connectivity index (χ0) is 14.6. The number of carboxylic acid groups (broad SMARTS) is 1. The van der Waals surface area contributed by atoms with Crippen molar-refractivity contribution >= 4 is 29.7 Å². The number of imidazole rings is 1. The van der Waals surface area contributed by atoms with Crippen LogP contribution in [0.1, 0.15) is 11.5 Å². The monoisotopic (exact) mass is 345 g/mol. The Hall–Kier alpha value is -1.10. The summed E-state index contributed by atoms with van der Waals surface area (Å²) < 4.78 is 7.33. The Kier molecular flexibility index (Phi) is 5.39. The molecule has 10 heteroatoms. The number of rotatable bonds is 2. The summed E-state index contributed by atoms with van der Waals surface area (Å²) in [4.78, 5) is 28.5. The summed E-state index contributed by atoms with van der Waals surface area (Å²) in [7, 11) is 0. The molecule has 4 rings (SSSR count). The number of hydrogen-bond donors (Lipinski definition) is 0. The van der Waals surface area contributed by atoms with Crippen LogP contribution in [0.25, 0.3) is 6.08 Å². The molecule has 116 valence electrons. The van der Waals surface area contributed by atoms with E-state index in [1.165, 1.54) is 22.1 Å². The molecule has 0 aromatic carbocycles. The molecule has 4 heterocycles. The van der Waals surface area contributed by atoms with Gasteiger partial charge in [-0.05, 0) is 11.5 Å². The Morgan fingerprint density at radius 1 is 1.52 bits per heavy atom. The van der Waals surface area contributed by atoms with Crippen LogP contribution in [-0.4, -0.2) is 43.8 Å². The van der Waals surface area contributed by atoms with Crippen LogP contribution >= 0.6 is 11.8 Å². The van der Waals surface area contributed by atoms with Crippen molar-refractivity contribution in [1.82, 2.24) is 14.5 Å². The average molecular weight is 345 g/mol. The van der Waals surface area contributed by atoms with Gasteiger partial charge in [0.2, 0.25) is 0 Å². The van der Waals surface area contributed by atoms with E-state index in [9.17, 15) is 14.7 Å². The molecule has 1 amide bonds. The van der Waals surface area contributed by atoms with E-state index in [-0.39, 0.29) is 52.0 Å². The van der Waals surface area contributed by atoms with Crippen molar-refractivity contribution in [2.75, 3.05) is 6.61 Å². The van der Waals surface area contributed by atoms with Crippen LogP contribution in [0.2, 0.25) is 0 Å². The minimum Gasteiger partial charge on any atom is -0.543 e. The predicted octanol–water partition coefficient (Wildman–Crippen LogP) is -4.52. The topological polar surface area (TPSA) is 119 Å². The molecule has 0 bridgehead atoms. The van der Waals surface area contributed by atoms with Crippen LogP contribution in [0, 0.1) is 0 Å². The van der Waals surface area contributed by atoms with E-state index in [4.69, 9.17) is 4.74 Å². The summed E-state index contributed by atoms with van der Waals surface area (Å²) in [5.74, 6) is -0.774. The third kappa shape index (κ3) is 2.77. The largest absolute Gasteiger partial charge is 1.00 e. The van der Waals surface area contributed by atoms with E-state index in [1.54, 1.807) is 12.3 Å². The van der Waals surface area contributed by atoms with Crippen molar-refractivity contribution in [3.05, 3.63) is 34.4 Å². The first-order valence-electron chi connectivity index (χ1n) is 6.41. The third-order valence-corrected chi connectivity index (χ3v) is 4.79. The van der Waals surface area contributed by atoms with Crippen molar-refractivity contribution in [2.24, 2.45) is 0 Å². The van der Waals surface area contributed by atoms with Gasteiger partial charge >= 0.3 is 29.6 Å². The summed E-state index contributed by atoms with van der Waals surface area (Å²) in [6, 6.07) is 0. The third-order valence-electron chi connectivity index (χ3n) is 3.71. The second-order valence-electron chi connectivity index (χ2n) is 4.86. The summed E-state index contributed by atoms with van der Waals surface area (Å²) in [6.07, 6.45) is 3.49. The van der Waals surface area contributed by atoms with Gasteiger partial charge in [0.15, 0.2) is 0 Å². The molecular weight excluding hydrogens is 333 g/mol. The number of aromatic nitrogens is 2. The second kappa shape index (κ2) is 6.80. The van der Waals surface area contributed by atoms with Gasteiger partial charge in [-0.25, -0.2) is 4.98 Å². The van der Waals surface area contributed by atoms with E-state index < -0.39 is 5.97 Å². The summed E-state index contributed by atoms with van der Waals surface area (Å²) in [5.41, 5.74) is 1.37. The quantitative estimate of drug-likeness (QED) is 0.303. The number of aliphatic carboxylic acids is 1. The fourth-order valence-electron chi connectivity index (χ4n) is 2.66. The van der Waals surface area contributed by atoms with Gasteiger partial charge in [0.1, 0.15) is 17.8 Å². The number of fused-ring (bicyclic) bond motifs is 2. The van der Waals surface area contributed by atoms with E-state index >= 15 is 0 Å². The molecule has 3 aliphatic rings. The minimum atomic E-state index is -1.32. The number of β-lactam (4-membered cyclic amide) rings is 1. The minimum absolute atomic E-state index is 0. The smallest absolute Gasteiger partial charge is 0.543 e. The molecule has 2 N–H and O–H groups in total. The number of amides is 1. The number of nitrogens with zero attached hydrogens (tertiary/aromatic N) is 3. The van der Waals surface area contributed by atoms with Crippen molar-refractivity contribution in [3.63, 3.8) is 0 Å². The Morgan fingerprint density at radius 2 is 2.30 bits per heavy atom. The maximum absolute atomic E-state index is 12.1. The van der Waals surface area contributed by atoms with Gasteiger partial charge in [-0.1, -0.05) is 0 Å². The SMILES string of the molecule is O.O=C([O-])C1=CSC2/C(=C\c3cnc4n3CCOC4)C(=O)N12.[Na+]. The Morgan fingerprint density at radius 3 is 3.04 bits per heavy atom. The van der Waals surface area contributed by atoms with E-state index in [2.05, 4.69) is 4.98 Å². The maximum Gasteiger partial charge on any atom is 1.00 e. The number of carboxylic acids is 1. The van der Waals surface area contributed by atoms with Gasteiger partial charge in [0, 0.05) is 6.54 Å². The molecule has 0 radical (unpaired) electrons. The van der Waals surface area contributed by atoms with E-state index in [0.717, 1.165) is 11.5 Å². The van der Waals surface area contributed by atoms with Crippen LogP contribution in [0.4, 0.5) is 0 Å². The molecule has 0 spiro atoms. The normalized spacial score (nSPS) is 23.2. The van der Waals surface area contributed by atoms with Gasteiger partial charge in [0.25, 0.3) is 5.91 Å². The van der Waals surface area contributed by atoms with Crippen LogP contribution in [0.3, 0.4) is 0 Å². The summed E-state index contributed by atoms with van der Waals surface area (Å²) in [6.45, 7) is 1.79. The first kappa shape index (κ1) is 18.2. The number of carbonyl (C=O) groups excluding carboxylic acids is 2. The molecule has 3 aliphatic heterocycles. The van der Waals surface area contributed by atoms with Crippen LogP contribution in [0.5, 0.6) is 0 Å². The first-order chi connectivity index (χ1) is 10.2. The van der Waals surface area contributed by atoms with Crippen LogP contribution < -0.4 is 34.7 Å². The van der Waals surface area contributed by atoms with Gasteiger partial charge in [-0.2, -0.15) is 0 Å². The average Bonchev–Trinajstić information content (AvgIpc) is 3.06. The molecule has 1 atom stereocenters. The summed E-state index contributed by atoms with van der Waals surface area (Å²) in [5, 5.41) is 12.1. The fourth-order valence-corrected chi connectivity index (χ4v) is 3.77. The Balaban J connectivity index is 0.000000960. The van der Waals surface area contributed by atoms with Crippen LogP contribution in [-0.2, 0) is 27.5 Å². The molecule has 1 unspecified atom stereocenters. The fraction of sp³-hybridized carbons (Fsp3) is 0.308. The first-order valence-corrected chi connectivity index (χ1v) is 7.35. The van der Waals surface area contributed by atoms with E-state index in [0.29, 0.717) is 25.3 Å². The zero-order valence-electron chi connectivity index (χ0n) is 12.3. The predicted molar refractivity (Wildman–Crippen MR) is 74.8 cm³/mol. The van der Waals surface area contributed by atoms with Crippen molar-refractivity contribution < 1.29 is 54.5 Å². The maximum atomic E-state index is 12.1. The number of ether oxygens (including phenoxy) is 1. The second-order valence-corrected chi connectivity index (χ2v) is 5.81. The molecule has 8 nitrogen and oxygen atoms in total. The van der Waals surface area contributed by atoms with Gasteiger partial charge in [-0.15, -0.1) is 11.8 Å². The molecule has 1 saturated heterocycles. The van der Waals surface area contributed by atoms with Gasteiger partial charge in [0.05, 0.1) is 35.7 Å². The number of carbonyl (C=O) groups is 2. The van der Waals surface area contributed by atoms with Crippen molar-refractivity contribution in [1.29, 1.82) is 0 Å². The summed E-state index contributed by atoms with van der Waals surface area (Å²) >= 11 is 1.30. The molecule has 1 aromatic heterocycles. The van der Waals surface area contributed by atoms with Crippen molar-refractivity contribution in [3.8, 4) is 0 Å². The van der Waals surface area contributed by atoms with E-state index in [1.807, 2.05) is 4.57 Å². The molecule has 0 saturated carbocycles. The van der Waals surface area contributed by atoms with Crippen molar-refractivity contribution in [2.45, 2.75) is 18.5 Å². The molecule has 23 heavy (non-hydrogen) atoms.